The summed E-state index contributed by atoms with van der Waals surface area (Å²) in [6, 6.07) is 12.4. The summed E-state index contributed by atoms with van der Waals surface area (Å²) in [5.74, 6) is 0.949. The van der Waals surface area contributed by atoms with E-state index < -0.39 is 0 Å². The molecule has 0 amide bonds. The zero-order valence-electron chi connectivity index (χ0n) is 11.7. The number of hydrogen-bond acceptors (Lipinski definition) is 4. The minimum absolute atomic E-state index is 0.949. The number of methoxy groups -OCH3 is 1. The van der Waals surface area contributed by atoms with E-state index in [9.17, 15) is 0 Å². The summed E-state index contributed by atoms with van der Waals surface area (Å²) in [7, 11) is 1.73. The molecule has 0 saturated carbocycles. The van der Waals surface area contributed by atoms with E-state index in [1.54, 1.807) is 7.11 Å². The lowest BCUT2D eigenvalue weighted by atomic mass is 10.2. The highest BCUT2D eigenvalue weighted by molar-refractivity contribution is 5.59. The molecule has 0 spiro atoms. The summed E-state index contributed by atoms with van der Waals surface area (Å²) in [6.07, 6.45) is 3.70. The molecule has 0 bridgehead atoms. The summed E-state index contributed by atoms with van der Waals surface area (Å²) in [5, 5.41) is 0. The molecule has 0 radical (unpaired) electrons. The van der Waals surface area contributed by atoms with Crippen LogP contribution in [0.25, 0.3) is 0 Å². The summed E-state index contributed by atoms with van der Waals surface area (Å²) in [6.45, 7) is 4.04. The van der Waals surface area contributed by atoms with E-state index in [1.807, 2.05) is 24.5 Å². The van der Waals surface area contributed by atoms with Crippen LogP contribution in [0.4, 0.5) is 11.4 Å². The lowest BCUT2D eigenvalue weighted by Gasteiger charge is -2.37. The van der Waals surface area contributed by atoms with Gasteiger partial charge in [0.1, 0.15) is 5.75 Å². The van der Waals surface area contributed by atoms with Gasteiger partial charge in [0.2, 0.25) is 0 Å². The maximum atomic E-state index is 5.45. The molecule has 1 aromatic carbocycles. The van der Waals surface area contributed by atoms with Gasteiger partial charge in [0, 0.05) is 44.3 Å². The van der Waals surface area contributed by atoms with Gasteiger partial charge >= 0.3 is 0 Å². The van der Waals surface area contributed by atoms with Crippen molar-refractivity contribution < 1.29 is 4.74 Å². The lowest BCUT2D eigenvalue weighted by Crippen LogP contribution is -2.46. The highest BCUT2D eigenvalue weighted by atomic mass is 16.5. The minimum Gasteiger partial charge on any atom is -0.495 e. The Hall–Kier alpha value is -2.23. The van der Waals surface area contributed by atoms with Crippen molar-refractivity contribution >= 4 is 11.4 Å². The second-order valence-corrected chi connectivity index (χ2v) is 4.85. The molecule has 1 aromatic heterocycles. The molecule has 20 heavy (non-hydrogen) atoms. The van der Waals surface area contributed by atoms with Gasteiger partial charge in [-0.3, -0.25) is 4.98 Å². The molecule has 2 heterocycles. The second kappa shape index (κ2) is 5.82. The number of pyridine rings is 1. The predicted octanol–water partition coefficient (Wildman–Crippen LogP) is 2.42. The third kappa shape index (κ3) is 2.54. The zero-order chi connectivity index (χ0) is 13.8. The Bertz CT molecular complexity index is 551. The number of anilines is 2. The van der Waals surface area contributed by atoms with E-state index in [-0.39, 0.29) is 0 Å². The van der Waals surface area contributed by atoms with Crippen LogP contribution in [0.3, 0.4) is 0 Å². The molecule has 0 aliphatic carbocycles. The van der Waals surface area contributed by atoms with Crippen LogP contribution < -0.4 is 14.5 Å². The molecule has 1 aliphatic rings. The van der Waals surface area contributed by atoms with E-state index in [4.69, 9.17) is 4.74 Å². The molecule has 4 nitrogen and oxygen atoms in total. The topological polar surface area (TPSA) is 28.6 Å². The number of piperazine rings is 1. The molecular weight excluding hydrogens is 250 g/mol. The number of ether oxygens (including phenoxy) is 1. The van der Waals surface area contributed by atoms with E-state index in [0.29, 0.717) is 0 Å². The van der Waals surface area contributed by atoms with Gasteiger partial charge in [-0.05, 0) is 24.3 Å². The Morgan fingerprint density at radius 2 is 1.55 bits per heavy atom. The van der Waals surface area contributed by atoms with Crippen LogP contribution in [0.1, 0.15) is 0 Å². The Morgan fingerprint density at radius 1 is 0.900 bits per heavy atom. The van der Waals surface area contributed by atoms with Crippen LogP contribution in [-0.4, -0.2) is 38.3 Å². The van der Waals surface area contributed by atoms with E-state index in [0.717, 1.165) is 31.9 Å². The van der Waals surface area contributed by atoms with Crippen LogP contribution >= 0.6 is 0 Å². The summed E-state index contributed by atoms with van der Waals surface area (Å²) >= 11 is 0. The molecular formula is C16H19N3O. The van der Waals surface area contributed by atoms with Gasteiger partial charge in [-0.25, -0.2) is 0 Å². The second-order valence-electron chi connectivity index (χ2n) is 4.85. The Kier molecular flexibility index (Phi) is 3.72. The van der Waals surface area contributed by atoms with Crippen LogP contribution in [0.15, 0.2) is 48.8 Å². The fraction of sp³-hybridized carbons (Fsp3) is 0.312. The van der Waals surface area contributed by atoms with Crippen LogP contribution in [-0.2, 0) is 0 Å². The summed E-state index contributed by atoms with van der Waals surface area (Å²) in [4.78, 5) is 8.85. The van der Waals surface area contributed by atoms with Crippen LogP contribution in [0, 0.1) is 0 Å². The highest BCUT2D eigenvalue weighted by Crippen LogP contribution is 2.29. The van der Waals surface area contributed by atoms with Gasteiger partial charge in [-0.15, -0.1) is 0 Å². The fourth-order valence-electron chi connectivity index (χ4n) is 2.65. The molecule has 104 valence electrons. The predicted molar refractivity (Wildman–Crippen MR) is 81.7 cm³/mol. The first-order valence-electron chi connectivity index (χ1n) is 6.91. The minimum atomic E-state index is 0.949. The third-order valence-corrected chi connectivity index (χ3v) is 3.73. The van der Waals surface area contributed by atoms with Crippen molar-refractivity contribution in [3.63, 3.8) is 0 Å². The van der Waals surface area contributed by atoms with Crippen molar-refractivity contribution in [2.45, 2.75) is 0 Å². The van der Waals surface area contributed by atoms with Crippen molar-refractivity contribution in [2.75, 3.05) is 43.1 Å². The average molecular weight is 269 g/mol. The number of aromatic nitrogens is 1. The largest absolute Gasteiger partial charge is 0.495 e. The Morgan fingerprint density at radius 3 is 2.25 bits per heavy atom. The van der Waals surface area contributed by atoms with Crippen molar-refractivity contribution in [3.8, 4) is 5.75 Å². The van der Waals surface area contributed by atoms with Crippen LogP contribution in [0.2, 0.25) is 0 Å². The van der Waals surface area contributed by atoms with Gasteiger partial charge in [-0.2, -0.15) is 0 Å². The number of hydrogen-bond donors (Lipinski definition) is 0. The molecule has 0 unspecified atom stereocenters. The first-order chi connectivity index (χ1) is 9.88. The van der Waals surface area contributed by atoms with E-state index in [2.05, 4.69) is 39.0 Å². The number of nitrogens with zero attached hydrogens (tertiary/aromatic N) is 3. The Labute approximate surface area is 119 Å². The van der Waals surface area contributed by atoms with Crippen LogP contribution in [0.5, 0.6) is 5.75 Å². The summed E-state index contributed by atoms with van der Waals surface area (Å²) < 4.78 is 5.45. The standard InChI is InChI=1S/C16H19N3O/c1-20-16-5-3-2-4-15(16)19-12-10-18(11-13-19)14-6-8-17-9-7-14/h2-9H,10-13H2,1H3. The first-order valence-corrected chi connectivity index (χ1v) is 6.91. The monoisotopic (exact) mass is 269 g/mol. The number of para-hydroxylation sites is 2. The maximum absolute atomic E-state index is 5.45. The summed E-state index contributed by atoms with van der Waals surface area (Å²) in [5.41, 5.74) is 2.43. The normalized spacial score (nSPS) is 15.2. The fourth-order valence-corrected chi connectivity index (χ4v) is 2.65. The highest BCUT2D eigenvalue weighted by Gasteiger charge is 2.19. The molecule has 1 fully saturated rings. The van der Waals surface area contributed by atoms with E-state index >= 15 is 0 Å². The average Bonchev–Trinajstić information content (AvgIpc) is 2.56. The third-order valence-electron chi connectivity index (χ3n) is 3.73. The van der Waals surface area contributed by atoms with Gasteiger partial charge in [0.05, 0.1) is 12.8 Å². The number of benzene rings is 1. The van der Waals surface area contributed by atoms with Crippen molar-refractivity contribution in [2.24, 2.45) is 0 Å². The molecule has 4 heteroatoms. The smallest absolute Gasteiger partial charge is 0.142 e. The number of rotatable bonds is 3. The molecule has 0 N–H and O–H groups in total. The van der Waals surface area contributed by atoms with E-state index in [1.165, 1.54) is 11.4 Å². The van der Waals surface area contributed by atoms with Crippen molar-refractivity contribution in [1.82, 2.24) is 4.98 Å². The quantitative estimate of drug-likeness (QED) is 0.855. The van der Waals surface area contributed by atoms with Crippen molar-refractivity contribution in [1.29, 1.82) is 0 Å². The molecule has 3 rings (SSSR count). The molecule has 2 aromatic rings. The zero-order valence-corrected chi connectivity index (χ0v) is 11.7. The Balaban J connectivity index is 1.70. The first kappa shape index (κ1) is 12.8. The maximum Gasteiger partial charge on any atom is 0.142 e. The van der Waals surface area contributed by atoms with Gasteiger partial charge in [0.15, 0.2) is 0 Å². The molecule has 0 atom stereocenters. The lowest BCUT2D eigenvalue weighted by molar-refractivity contribution is 0.413. The van der Waals surface area contributed by atoms with Gasteiger partial charge in [-0.1, -0.05) is 12.1 Å². The SMILES string of the molecule is COc1ccccc1N1CCN(c2ccncc2)CC1. The molecule has 1 saturated heterocycles. The molecule has 1 aliphatic heterocycles. The van der Waals surface area contributed by atoms with Crippen molar-refractivity contribution in [3.05, 3.63) is 48.8 Å². The van der Waals surface area contributed by atoms with Gasteiger partial charge in [0.25, 0.3) is 0 Å². The van der Waals surface area contributed by atoms with Gasteiger partial charge < -0.3 is 14.5 Å².